The molecule has 0 aliphatic carbocycles. The van der Waals surface area contributed by atoms with Crippen molar-refractivity contribution < 1.29 is 17.9 Å². The van der Waals surface area contributed by atoms with Crippen molar-refractivity contribution in [1.82, 2.24) is 0 Å². The molecule has 80 valence electrons. The number of nitriles is 1. The minimum atomic E-state index is -4.41. The number of ether oxygens (including phenoxy) is 1. The number of rotatable bonds is 2. The average Bonchev–Trinajstić information content (AvgIpc) is 2.13. The molecule has 0 unspecified atom stereocenters. The fraction of sp³-hybridized carbons (Fsp3) is 0.222. The van der Waals surface area contributed by atoms with Gasteiger partial charge in [0, 0.05) is 5.02 Å². The fourth-order valence-electron chi connectivity index (χ4n) is 0.876. The largest absolute Gasteiger partial charge is 0.484 e. The number of hydrogen-bond donors (Lipinski definition) is 0. The van der Waals surface area contributed by atoms with Crippen molar-refractivity contribution in [2.75, 3.05) is 6.61 Å². The zero-order valence-corrected chi connectivity index (χ0v) is 8.06. The Hall–Kier alpha value is -1.41. The van der Waals surface area contributed by atoms with Crippen LogP contribution >= 0.6 is 11.6 Å². The van der Waals surface area contributed by atoms with E-state index in [9.17, 15) is 13.2 Å². The van der Waals surface area contributed by atoms with Gasteiger partial charge in [-0.05, 0) is 18.2 Å². The van der Waals surface area contributed by atoms with Crippen LogP contribution in [-0.2, 0) is 0 Å². The van der Waals surface area contributed by atoms with Crippen LogP contribution in [0.4, 0.5) is 13.2 Å². The number of alkyl halides is 3. The predicted octanol–water partition coefficient (Wildman–Crippen LogP) is 3.15. The molecule has 15 heavy (non-hydrogen) atoms. The summed E-state index contributed by atoms with van der Waals surface area (Å²) in [7, 11) is 0. The van der Waals surface area contributed by atoms with E-state index in [1.54, 1.807) is 6.07 Å². The Balaban J connectivity index is 2.78. The van der Waals surface area contributed by atoms with Gasteiger partial charge in [0.2, 0.25) is 0 Å². The van der Waals surface area contributed by atoms with Gasteiger partial charge in [-0.2, -0.15) is 18.4 Å². The van der Waals surface area contributed by atoms with E-state index in [1.807, 2.05) is 0 Å². The molecule has 1 aromatic rings. The third kappa shape index (κ3) is 4.09. The molecule has 0 fully saturated rings. The van der Waals surface area contributed by atoms with Crippen molar-refractivity contribution in [3.63, 3.8) is 0 Å². The average molecular weight is 236 g/mol. The second kappa shape index (κ2) is 4.41. The van der Waals surface area contributed by atoms with E-state index in [4.69, 9.17) is 16.9 Å². The second-order valence-electron chi connectivity index (χ2n) is 2.69. The van der Waals surface area contributed by atoms with Gasteiger partial charge in [-0.3, -0.25) is 0 Å². The van der Waals surface area contributed by atoms with Gasteiger partial charge in [-0.15, -0.1) is 0 Å². The standard InChI is InChI=1S/C9H5ClF3NO/c10-7-1-6(4-14)2-8(3-7)15-5-9(11,12)13/h1-3H,5H2. The monoisotopic (exact) mass is 235 g/mol. The van der Waals surface area contributed by atoms with Crippen LogP contribution in [0.3, 0.4) is 0 Å². The quantitative estimate of drug-likeness (QED) is 0.789. The van der Waals surface area contributed by atoms with E-state index < -0.39 is 12.8 Å². The maximum Gasteiger partial charge on any atom is 0.422 e. The lowest BCUT2D eigenvalue weighted by molar-refractivity contribution is -0.153. The van der Waals surface area contributed by atoms with Crippen molar-refractivity contribution >= 4 is 11.6 Å². The lowest BCUT2D eigenvalue weighted by Gasteiger charge is -2.09. The molecule has 0 N–H and O–H groups in total. The lowest BCUT2D eigenvalue weighted by Crippen LogP contribution is -2.19. The summed E-state index contributed by atoms with van der Waals surface area (Å²) in [6, 6.07) is 5.50. The third-order valence-corrected chi connectivity index (χ3v) is 1.62. The summed E-state index contributed by atoms with van der Waals surface area (Å²) in [5, 5.41) is 8.69. The highest BCUT2D eigenvalue weighted by Crippen LogP contribution is 2.23. The molecule has 1 aromatic carbocycles. The van der Waals surface area contributed by atoms with Crippen LogP contribution in [0, 0.1) is 11.3 Å². The van der Waals surface area contributed by atoms with Gasteiger partial charge >= 0.3 is 6.18 Å². The van der Waals surface area contributed by atoms with Crippen molar-refractivity contribution in [1.29, 1.82) is 5.26 Å². The molecule has 6 heteroatoms. The Morgan fingerprint density at radius 1 is 1.33 bits per heavy atom. The molecule has 0 amide bonds. The normalized spacial score (nSPS) is 10.9. The fourth-order valence-corrected chi connectivity index (χ4v) is 1.10. The first-order chi connectivity index (χ1) is 6.90. The van der Waals surface area contributed by atoms with Gasteiger partial charge in [-0.25, -0.2) is 0 Å². The highest BCUT2D eigenvalue weighted by Gasteiger charge is 2.28. The lowest BCUT2D eigenvalue weighted by atomic mass is 10.2. The molecule has 0 saturated heterocycles. The molecule has 1 rings (SSSR count). The summed E-state index contributed by atoms with van der Waals surface area (Å²) in [5.41, 5.74) is 0.152. The zero-order chi connectivity index (χ0) is 11.5. The van der Waals surface area contributed by atoms with Crippen molar-refractivity contribution in [2.45, 2.75) is 6.18 Å². The smallest absolute Gasteiger partial charge is 0.422 e. The predicted molar refractivity (Wildman–Crippen MR) is 47.7 cm³/mol. The Kier molecular flexibility index (Phi) is 3.43. The highest BCUT2D eigenvalue weighted by molar-refractivity contribution is 6.30. The van der Waals surface area contributed by atoms with Crippen LogP contribution in [0.25, 0.3) is 0 Å². The molecule has 0 saturated carbocycles. The SMILES string of the molecule is N#Cc1cc(Cl)cc(OCC(F)(F)F)c1. The molecule has 0 aliphatic rings. The molecule has 0 radical (unpaired) electrons. The number of benzene rings is 1. The molecular formula is C9H5ClF3NO. The molecule has 0 bridgehead atoms. The summed E-state index contributed by atoms with van der Waals surface area (Å²) < 4.78 is 39.8. The summed E-state index contributed by atoms with van der Waals surface area (Å²) in [4.78, 5) is 0. The van der Waals surface area contributed by atoms with E-state index in [0.717, 1.165) is 0 Å². The molecular weight excluding hydrogens is 231 g/mol. The Bertz CT molecular complexity index is 397. The van der Waals surface area contributed by atoms with E-state index in [0.29, 0.717) is 0 Å². The maximum atomic E-state index is 11.8. The summed E-state index contributed by atoms with van der Waals surface area (Å²) in [5.74, 6) is -0.0728. The highest BCUT2D eigenvalue weighted by atomic mass is 35.5. The van der Waals surface area contributed by atoms with Gasteiger partial charge in [0.15, 0.2) is 6.61 Å². The van der Waals surface area contributed by atoms with Gasteiger partial charge in [0.1, 0.15) is 5.75 Å². The Morgan fingerprint density at radius 2 is 2.00 bits per heavy atom. The molecule has 0 atom stereocenters. The zero-order valence-electron chi connectivity index (χ0n) is 7.31. The van der Waals surface area contributed by atoms with E-state index in [-0.39, 0.29) is 16.3 Å². The van der Waals surface area contributed by atoms with Crippen molar-refractivity contribution in [2.24, 2.45) is 0 Å². The van der Waals surface area contributed by atoms with Crippen LogP contribution in [0.5, 0.6) is 5.75 Å². The van der Waals surface area contributed by atoms with Gasteiger partial charge < -0.3 is 4.74 Å². The Labute approximate surface area is 88.8 Å². The van der Waals surface area contributed by atoms with Crippen LogP contribution in [0.1, 0.15) is 5.56 Å². The van der Waals surface area contributed by atoms with Crippen LogP contribution in [-0.4, -0.2) is 12.8 Å². The summed E-state index contributed by atoms with van der Waals surface area (Å²) in [6.07, 6.45) is -4.41. The van der Waals surface area contributed by atoms with Crippen LogP contribution in [0.2, 0.25) is 5.02 Å². The number of nitrogens with zero attached hydrogens (tertiary/aromatic N) is 1. The second-order valence-corrected chi connectivity index (χ2v) is 3.13. The van der Waals surface area contributed by atoms with E-state index >= 15 is 0 Å². The van der Waals surface area contributed by atoms with E-state index in [1.165, 1.54) is 18.2 Å². The van der Waals surface area contributed by atoms with Gasteiger partial charge in [0.05, 0.1) is 11.6 Å². The Morgan fingerprint density at radius 3 is 2.53 bits per heavy atom. The van der Waals surface area contributed by atoms with Gasteiger partial charge in [-0.1, -0.05) is 11.6 Å². The molecule has 0 spiro atoms. The van der Waals surface area contributed by atoms with Crippen molar-refractivity contribution in [3.05, 3.63) is 28.8 Å². The first-order valence-corrected chi connectivity index (χ1v) is 4.19. The molecule has 0 aromatic heterocycles. The van der Waals surface area contributed by atoms with Crippen molar-refractivity contribution in [3.8, 4) is 11.8 Å². The minimum Gasteiger partial charge on any atom is -0.484 e. The first-order valence-electron chi connectivity index (χ1n) is 3.81. The third-order valence-electron chi connectivity index (χ3n) is 1.40. The minimum absolute atomic E-state index is 0.0728. The van der Waals surface area contributed by atoms with Gasteiger partial charge in [0.25, 0.3) is 0 Å². The van der Waals surface area contributed by atoms with Crippen LogP contribution in [0.15, 0.2) is 18.2 Å². The summed E-state index contributed by atoms with van der Waals surface area (Å²) in [6.45, 7) is -1.40. The van der Waals surface area contributed by atoms with E-state index in [2.05, 4.69) is 4.74 Å². The van der Waals surface area contributed by atoms with Crippen LogP contribution < -0.4 is 4.74 Å². The topological polar surface area (TPSA) is 33.0 Å². The first kappa shape index (κ1) is 11.7. The number of hydrogen-bond acceptors (Lipinski definition) is 2. The summed E-state index contributed by atoms with van der Waals surface area (Å²) >= 11 is 5.57. The molecule has 0 aliphatic heterocycles. The number of halogens is 4. The molecule has 2 nitrogen and oxygen atoms in total. The molecule has 0 heterocycles. The maximum absolute atomic E-state index is 11.8.